The molecule has 0 atom stereocenters. The third-order valence-corrected chi connectivity index (χ3v) is 4.18. The fraction of sp³-hybridized carbons (Fsp3) is 0.353. The number of nitrogens with zero attached hydrogens (tertiary/aromatic N) is 1. The monoisotopic (exact) mass is 331 g/mol. The Kier molecular flexibility index (Phi) is 5.87. The first kappa shape index (κ1) is 17.1. The number of aromatic nitrogens is 1. The highest BCUT2D eigenvalue weighted by Crippen LogP contribution is 2.17. The van der Waals surface area contributed by atoms with E-state index in [9.17, 15) is 9.59 Å². The summed E-state index contributed by atoms with van der Waals surface area (Å²) in [4.78, 5) is 27.6. The molecule has 0 unspecified atom stereocenters. The van der Waals surface area contributed by atoms with E-state index in [1.54, 1.807) is 35.6 Å². The Morgan fingerprint density at radius 2 is 1.91 bits per heavy atom. The second kappa shape index (κ2) is 7.87. The lowest BCUT2D eigenvalue weighted by Gasteiger charge is -2.06. The molecule has 122 valence electrons. The molecule has 0 fully saturated rings. The van der Waals surface area contributed by atoms with Crippen molar-refractivity contribution in [2.24, 2.45) is 0 Å². The molecular formula is C17H21N3O2S. The number of rotatable bonds is 6. The lowest BCUT2D eigenvalue weighted by Crippen LogP contribution is -2.25. The van der Waals surface area contributed by atoms with Gasteiger partial charge in [-0.3, -0.25) is 9.59 Å². The van der Waals surface area contributed by atoms with Gasteiger partial charge in [0.05, 0.1) is 10.7 Å². The molecule has 0 bridgehead atoms. The van der Waals surface area contributed by atoms with Gasteiger partial charge in [0, 0.05) is 36.5 Å². The van der Waals surface area contributed by atoms with Gasteiger partial charge < -0.3 is 10.6 Å². The molecule has 2 aromatic rings. The van der Waals surface area contributed by atoms with E-state index in [1.807, 2.05) is 0 Å². The van der Waals surface area contributed by atoms with E-state index in [1.165, 1.54) is 6.92 Å². The molecular weight excluding hydrogens is 310 g/mol. The average molecular weight is 331 g/mol. The van der Waals surface area contributed by atoms with E-state index >= 15 is 0 Å². The fourth-order valence-corrected chi connectivity index (χ4v) is 2.96. The summed E-state index contributed by atoms with van der Waals surface area (Å²) in [6.45, 7) is 6.23. The number of nitrogens with one attached hydrogen (secondary N) is 2. The molecule has 0 saturated carbocycles. The van der Waals surface area contributed by atoms with Crippen molar-refractivity contribution in [1.82, 2.24) is 10.3 Å². The van der Waals surface area contributed by atoms with E-state index < -0.39 is 0 Å². The Morgan fingerprint density at radius 3 is 2.48 bits per heavy atom. The molecule has 2 rings (SSSR count). The summed E-state index contributed by atoms with van der Waals surface area (Å²) in [5.74, 6) is 0.170. The van der Waals surface area contributed by atoms with Crippen LogP contribution in [0.5, 0.6) is 0 Å². The Morgan fingerprint density at radius 1 is 1.22 bits per heavy atom. The predicted molar refractivity (Wildman–Crippen MR) is 93.0 cm³/mol. The van der Waals surface area contributed by atoms with Crippen molar-refractivity contribution in [3.63, 3.8) is 0 Å². The molecule has 0 spiro atoms. The maximum absolute atomic E-state index is 12.1. The van der Waals surface area contributed by atoms with Crippen LogP contribution in [-0.4, -0.2) is 23.3 Å². The van der Waals surface area contributed by atoms with Gasteiger partial charge in [0.2, 0.25) is 5.91 Å². The third-order valence-electron chi connectivity index (χ3n) is 3.25. The Labute approximate surface area is 140 Å². The molecule has 2 N–H and O–H groups in total. The molecule has 6 heteroatoms. The highest BCUT2D eigenvalue weighted by atomic mass is 32.1. The number of hydrogen-bond acceptors (Lipinski definition) is 4. The summed E-state index contributed by atoms with van der Waals surface area (Å²) in [6.07, 6.45) is 0.729. The van der Waals surface area contributed by atoms with Crippen molar-refractivity contribution in [3.05, 3.63) is 45.9 Å². The normalized spacial score (nSPS) is 10.6. The second-order valence-electron chi connectivity index (χ2n) is 5.59. The van der Waals surface area contributed by atoms with Crippen LogP contribution in [-0.2, 0) is 11.2 Å². The van der Waals surface area contributed by atoms with Crippen LogP contribution in [0.3, 0.4) is 0 Å². The Hall–Kier alpha value is -2.21. The minimum Gasteiger partial charge on any atom is -0.352 e. The summed E-state index contributed by atoms with van der Waals surface area (Å²) < 4.78 is 0. The Bertz CT molecular complexity index is 677. The SMILES string of the molecule is CC(=O)Nc1ccc(C(=O)NCCc2nc(C(C)C)cs2)cc1. The zero-order valence-corrected chi connectivity index (χ0v) is 14.4. The number of carbonyl (C=O) groups is 2. The molecule has 0 aliphatic rings. The van der Waals surface area contributed by atoms with E-state index in [0.29, 0.717) is 23.7 Å². The van der Waals surface area contributed by atoms with E-state index in [4.69, 9.17) is 0 Å². The van der Waals surface area contributed by atoms with E-state index in [2.05, 4.69) is 34.8 Å². The first-order valence-corrected chi connectivity index (χ1v) is 8.44. The lowest BCUT2D eigenvalue weighted by molar-refractivity contribution is -0.114. The number of benzene rings is 1. The first-order chi connectivity index (χ1) is 11.0. The topological polar surface area (TPSA) is 71.1 Å². The summed E-state index contributed by atoms with van der Waals surface area (Å²) in [5, 5.41) is 8.67. The van der Waals surface area contributed by atoms with Crippen molar-refractivity contribution < 1.29 is 9.59 Å². The van der Waals surface area contributed by atoms with E-state index in [-0.39, 0.29) is 11.8 Å². The first-order valence-electron chi connectivity index (χ1n) is 7.56. The number of hydrogen-bond donors (Lipinski definition) is 2. The molecule has 1 aromatic carbocycles. The summed E-state index contributed by atoms with van der Waals surface area (Å²) in [7, 11) is 0. The van der Waals surface area contributed by atoms with Crippen LogP contribution in [0.2, 0.25) is 0 Å². The van der Waals surface area contributed by atoms with Crippen molar-refractivity contribution in [2.75, 3.05) is 11.9 Å². The summed E-state index contributed by atoms with van der Waals surface area (Å²) in [5.41, 5.74) is 2.35. The molecule has 23 heavy (non-hydrogen) atoms. The highest BCUT2D eigenvalue weighted by molar-refractivity contribution is 7.09. The minimum absolute atomic E-state index is 0.125. The Balaban J connectivity index is 1.83. The van der Waals surface area contributed by atoms with Crippen molar-refractivity contribution >= 4 is 28.8 Å². The summed E-state index contributed by atoms with van der Waals surface area (Å²) >= 11 is 1.63. The number of thiazole rings is 1. The second-order valence-corrected chi connectivity index (χ2v) is 6.53. The van der Waals surface area contributed by atoms with Gasteiger partial charge in [-0.2, -0.15) is 0 Å². The largest absolute Gasteiger partial charge is 0.352 e. The van der Waals surface area contributed by atoms with Crippen LogP contribution < -0.4 is 10.6 Å². The van der Waals surface area contributed by atoms with E-state index in [0.717, 1.165) is 17.1 Å². The maximum Gasteiger partial charge on any atom is 0.251 e. The van der Waals surface area contributed by atoms with Crippen molar-refractivity contribution in [1.29, 1.82) is 0 Å². The quantitative estimate of drug-likeness (QED) is 0.854. The fourth-order valence-electron chi connectivity index (χ4n) is 2.00. The van der Waals surface area contributed by atoms with Gasteiger partial charge in [0.1, 0.15) is 0 Å². The van der Waals surface area contributed by atoms with Crippen LogP contribution in [0.1, 0.15) is 47.7 Å². The van der Waals surface area contributed by atoms with Crippen LogP contribution in [0.4, 0.5) is 5.69 Å². The van der Waals surface area contributed by atoms with Crippen LogP contribution in [0, 0.1) is 0 Å². The lowest BCUT2D eigenvalue weighted by atomic mass is 10.2. The van der Waals surface area contributed by atoms with Crippen LogP contribution in [0.15, 0.2) is 29.6 Å². The van der Waals surface area contributed by atoms with Gasteiger partial charge in [-0.05, 0) is 30.2 Å². The van der Waals surface area contributed by atoms with Crippen molar-refractivity contribution in [2.45, 2.75) is 33.1 Å². The predicted octanol–water partition coefficient (Wildman–Crippen LogP) is 3.20. The molecule has 0 aliphatic carbocycles. The molecule has 0 radical (unpaired) electrons. The molecule has 1 aromatic heterocycles. The number of anilines is 1. The van der Waals surface area contributed by atoms with Crippen LogP contribution >= 0.6 is 11.3 Å². The van der Waals surface area contributed by atoms with Gasteiger partial charge in [0.25, 0.3) is 5.91 Å². The summed E-state index contributed by atoms with van der Waals surface area (Å²) in [6, 6.07) is 6.82. The van der Waals surface area contributed by atoms with Gasteiger partial charge in [-0.15, -0.1) is 11.3 Å². The molecule has 5 nitrogen and oxygen atoms in total. The van der Waals surface area contributed by atoms with Crippen LogP contribution in [0.25, 0.3) is 0 Å². The average Bonchev–Trinajstić information content (AvgIpc) is 2.96. The molecule has 0 saturated heterocycles. The van der Waals surface area contributed by atoms with Gasteiger partial charge in [-0.1, -0.05) is 13.8 Å². The third kappa shape index (κ3) is 5.17. The van der Waals surface area contributed by atoms with Gasteiger partial charge in [0.15, 0.2) is 0 Å². The smallest absolute Gasteiger partial charge is 0.251 e. The zero-order valence-electron chi connectivity index (χ0n) is 13.6. The molecule has 1 heterocycles. The number of carbonyl (C=O) groups excluding carboxylic acids is 2. The van der Waals surface area contributed by atoms with Gasteiger partial charge >= 0.3 is 0 Å². The molecule has 0 aliphatic heterocycles. The maximum atomic E-state index is 12.1. The van der Waals surface area contributed by atoms with Crippen molar-refractivity contribution in [3.8, 4) is 0 Å². The van der Waals surface area contributed by atoms with Gasteiger partial charge in [-0.25, -0.2) is 4.98 Å². The minimum atomic E-state index is -0.133. The number of amides is 2. The molecule has 2 amide bonds. The highest BCUT2D eigenvalue weighted by Gasteiger charge is 2.08. The standard InChI is InChI=1S/C17H21N3O2S/c1-11(2)15-10-23-16(20-15)8-9-18-17(22)13-4-6-14(7-5-13)19-12(3)21/h4-7,10-11H,8-9H2,1-3H3,(H,18,22)(H,19,21). The zero-order chi connectivity index (χ0) is 16.8.